The number of nitrogens with one attached hydrogen (secondary N) is 2. The summed E-state index contributed by atoms with van der Waals surface area (Å²) in [5.74, 6) is -0.189. The van der Waals surface area contributed by atoms with Crippen molar-refractivity contribution < 1.29 is 9.59 Å². The highest BCUT2D eigenvalue weighted by atomic mass is 16.2. The number of hydrogen-bond donors (Lipinski definition) is 2. The number of nitrogens with zero attached hydrogens (tertiary/aromatic N) is 3. The SMILES string of the molecule is CCNC(=O)N1CCc2ccc(NC(=O)c3c(C)nn(C)c3C)cc21. The molecule has 3 amide bonds. The molecule has 132 valence electrons. The van der Waals surface area contributed by atoms with Gasteiger partial charge in [0.1, 0.15) is 0 Å². The van der Waals surface area contributed by atoms with E-state index in [9.17, 15) is 9.59 Å². The van der Waals surface area contributed by atoms with Crippen molar-refractivity contribution in [2.45, 2.75) is 27.2 Å². The van der Waals surface area contributed by atoms with Gasteiger partial charge in [-0.05, 0) is 44.9 Å². The van der Waals surface area contributed by atoms with Crippen LogP contribution in [0.1, 0.15) is 34.2 Å². The van der Waals surface area contributed by atoms with E-state index in [-0.39, 0.29) is 11.9 Å². The molecule has 1 aliphatic rings. The predicted octanol–water partition coefficient (Wildman–Crippen LogP) is 2.38. The molecule has 1 aromatic carbocycles. The van der Waals surface area contributed by atoms with E-state index in [0.29, 0.717) is 30.0 Å². The van der Waals surface area contributed by atoms with E-state index < -0.39 is 0 Å². The number of aromatic nitrogens is 2. The number of benzene rings is 1. The van der Waals surface area contributed by atoms with Gasteiger partial charge in [0, 0.05) is 31.5 Å². The van der Waals surface area contributed by atoms with E-state index in [0.717, 1.165) is 23.4 Å². The maximum absolute atomic E-state index is 12.6. The number of urea groups is 1. The second-order valence-corrected chi connectivity index (χ2v) is 6.20. The van der Waals surface area contributed by atoms with Gasteiger partial charge >= 0.3 is 6.03 Å². The summed E-state index contributed by atoms with van der Waals surface area (Å²) in [4.78, 5) is 26.5. The maximum atomic E-state index is 12.6. The van der Waals surface area contributed by atoms with Crippen molar-refractivity contribution in [2.24, 2.45) is 7.05 Å². The molecule has 0 atom stereocenters. The van der Waals surface area contributed by atoms with Crippen LogP contribution in [0.4, 0.5) is 16.2 Å². The van der Waals surface area contributed by atoms with Gasteiger partial charge in [-0.3, -0.25) is 14.4 Å². The third-order valence-electron chi connectivity index (χ3n) is 4.55. The van der Waals surface area contributed by atoms with Gasteiger partial charge in [-0.2, -0.15) is 5.10 Å². The minimum absolute atomic E-state index is 0.108. The van der Waals surface area contributed by atoms with Gasteiger partial charge < -0.3 is 10.6 Å². The summed E-state index contributed by atoms with van der Waals surface area (Å²) in [6.45, 7) is 6.82. The second-order valence-electron chi connectivity index (χ2n) is 6.20. The molecule has 1 aromatic heterocycles. The van der Waals surface area contributed by atoms with Crippen LogP contribution in [0.2, 0.25) is 0 Å². The van der Waals surface area contributed by atoms with E-state index >= 15 is 0 Å². The van der Waals surface area contributed by atoms with Crippen molar-refractivity contribution in [2.75, 3.05) is 23.3 Å². The normalized spacial score (nSPS) is 12.9. The van der Waals surface area contributed by atoms with Gasteiger partial charge in [-0.1, -0.05) is 6.07 Å². The van der Waals surface area contributed by atoms with Crippen LogP contribution in [0.3, 0.4) is 0 Å². The van der Waals surface area contributed by atoms with Crippen LogP contribution in [-0.4, -0.2) is 34.8 Å². The molecule has 0 saturated carbocycles. The molecular weight excluding hydrogens is 318 g/mol. The van der Waals surface area contributed by atoms with Crippen LogP contribution in [0, 0.1) is 13.8 Å². The molecule has 1 aliphatic heterocycles. The van der Waals surface area contributed by atoms with Gasteiger partial charge in [0.25, 0.3) is 5.91 Å². The standard InChI is InChI=1S/C18H23N5O2/c1-5-19-18(25)23-9-8-13-6-7-14(10-15(13)23)20-17(24)16-11(2)21-22(4)12(16)3/h6-7,10H,5,8-9H2,1-4H3,(H,19,25)(H,20,24). The molecule has 0 aliphatic carbocycles. The number of anilines is 2. The summed E-state index contributed by atoms with van der Waals surface area (Å²) in [5.41, 5.74) is 4.73. The Bertz CT molecular complexity index is 840. The van der Waals surface area contributed by atoms with E-state index in [1.54, 1.807) is 9.58 Å². The highest BCUT2D eigenvalue weighted by Crippen LogP contribution is 2.31. The molecule has 3 rings (SSSR count). The van der Waals surface area contributed by atoms with Crippen molar-refractivity contribution in [1.29, 1.82) is 0 Å². The predicted molar refractivity (Wildman–Crippen MR) is 97.2 cm³/mol. The number of aryl methyl sites for hydroxylation is 2. The first-order chi connectivity index (χ1) is 11.9. The van der Waals surface area contributed by atoms with Crippen LogP contribution in [0.5, 0.6) is 0 Å². The van der Waals surface area contributed by atoms with Crippen LogP contribution in [0.25, 0.3) is 0 Å². The highest BCUT2D eigenvalue weighted by molar-refractivity contribution is 6.06. The van der Waals surface area contributed by atoms with Crippen LogP contribution in [-0.2, 0) is 13.5 Å². The monoisotopic (exact) mass is 341 g/mol. The van der Waals surface area contributed by atoms with Gasteiger partial charge in [-0.15, -0.1) is 0 Å². The number of hydrogen-bond acceptors (Lipinski definition) is 3. The van der Waals surface area contributed by atoms with Gasteiger partial charge in [0.15, 0.2) is 0 Å². The Morgan fingerprint density at radius 3 is 2.68 bits per heavy atom. The summed E-state index contributed by atoms with van der Waals surface area (Å²) in [7, 11) is 1.82. The molecule has 2 aromatic rings. The summed E-state index contributed by atoms with van der Waals surface area (Å²) < 4.78 is 1.70. The second kappa shape index (κ2) is 6.58. The molecule has 2 heterocycles. The molecule has 25 heavy (non-hydrogen) atoms. The molecule has 0 unspecified atom stereocenters. The van der Waals surface area contributed by atoms with Crippen molar-refractivity contribution in [1.82, 2.24) is 15.1 Å². The Morgan fingerprint density at radius 2 is 2.04 bits per heavy atom. The van der Waals surface area contributed by atoms with Crippen molar-refractivity contribution >= 4 is 23.3 Å². The first-order valence-electron chi connectivity index (χ1n) is 8.42. The van der Waals surface area contributed by atoms with E-state index in [4.69, 9.17) is 0 Å². The molecule has 2 N–H and O–H groups in total. The number of carbonyl (C=O) groups excluding carboxylic acids is 2. The summed E-state index contributed by atoms with van der Waals surface area (Å²) >= 11 is 0. The average Bonchev–Trinajstić information content (AvgIpc) is 3.08. The van der Waals surface area contributed by atoms with Crippen molar-refractivity contribution in [3.63, 3.8) is 0 Å². The van der Waals surface area contributed by atoms with Crippen LogP contribution < -0.4 is 15.5 Å². The number of amides is 3. The Labute approximate surface area is 147 Å². The lowest BCUT2D eigenvalue weighted by atomic mass is 10.1. The Balaban J connectivity index is 1.84. The number of rotatable bonds is 3. The zero-order valence-electron chi connectivity index (χ0n) is 15.0. The highest BCUT2D eigenvalue weighted by Gasteiger charge is 2.25. The molecule has 7 heteroatoms. The Morgan fingerprint density at radius 1 is 1.28 bits per heavy atom. The molecular formula is C18H23N5O2. The van der Waals surface area contributed by atoms with E-state index in [1.165, 1.54) is 0 Å². The van der Waals surface area contributed by atoms with E-state index in [2.05, 4.69) is 15.7 Å². The maximum Gasteiger partial charge on any atom is 0.321 e. The summed E-state index contributed by atoms with van der Waals surface area (Å²) in [6.07, 6.45) is 0.821. The fraction of sp³-hybridized carbons (Fsp3) is 0.389. The minimum Gasteiger partial charge on any atom is -0.338 e. The zero-order valence-corrected chi connectivity index (χ0v) is 15.0. The molecule has 0 radical (unpaired) electrons. The van der Waals surface area contributed by atoms with Crippen LogP contribution >= 0.6 is 0 Å². The third kappa shape index (κ3) is 3.09. The topological polar surface area (TPSA) is 79.3 Å². The first-order valence-corrected chi connectivity index (χ1v) is 8.42. The zero-order chi connectivity index (χ0) is 18.1. The van der Waals surface area contributed by atoms with Crippen molar-refractivity contribution in [3.05, 3.63) is 40.7 Å². The fourth-order valence-corrected chi connectivity index (χ4v) is 3.21. The number of fused-ring (bicyclic) bond motifs is 1. The van der Waals surface area contributed by atoms with Gasteiger partial charge in [0.2, 0.25) is 0 Å². The van der Waals surface area contributed by atoms with Crippen molar-refractivity contribution in [3.8, 4) is 0 Å². The summed E-state index contributed by atoms with van der Waals surface area (Å²) in [5, 5.41) is 10.0. The minimum atomic E-state index is -0.189. The van der Waals surface area contributed by atoms with Crippen LogP contribution in [0.15, 0.2) is 18.2 Å². The first kappa shape index (κ1) is 17.0. The van der Waals surface area contributed by atoms with Gasteiger partial charge in [-0.25, -0.2) is 4.79 Å². The van der Waals surface area contributed by atoms with Gasteiger partial charge in [0.05, 0.1) is 16.9 Å². The third-order valence-corrected chi connectivity index (χ3v) is 4.55. The molecule has 0 saturated heterocycles. The molecule has 7 nitrogen and oxygen atoms in total. The quantitative estimate of drug-likeness (QED) is 0.899. The fourth-order valence-electron chi connectivity index (χ4n) is 3.21. The number of carbonyl (C=O) groups is 2. The Kier molecular flexibility index (Phi) is 4.48. The molecule has 0 bridgehead atoms. The lowest BCUT2D eigenvalue weighted by Crippen LogP contribution is -2.38. The molecule has 0 fully saturated rings. The summed E-state index contributed by atoms with van der Waals surface area (Å²) in [6, 6.07) is 5.59. The Hall–Kier alpha value is -2.83. The van der Waals surface area contributed by atoms with E-state index in [1.807, 2.05) is 46.0 Å². The largest absolute Gasteiger partial charge is 0.338 e. The molecule has 0 spiro atoms. The lowest BCUT2D eigenvalue weighted by Gasteiger charge is -2.18. The lowest BCUT2D eigenvalue weighted by molar-refractivity contribution is 0.102. The smallest absolute Gasteiger partial charge is 0.321 e. The average molecular weight is 341 g/mol.